The number of methoxy groups -OCH3 is 1. The molecule has 2 aromatic carbocycles. The van der Waals surface area contributed by atoms with Crippen molar-refractivity contribution in [1.82, 2.24) is 20.2 Å². The van der Waals surface area contributed by atoms with Crippen molar-refractivity contribution in [1.29, 1.82) is 0 Å². The molecule has 3 aromatic rings. The number of nitrogens with zero attached hydrogens (tertiary/aromatic N) is 2. The first-order chi connectivity index (χ1) is 14.0. The van der Waals surface area contributed by atoms with Crippen LogP contribution in [0.1, 0.15) is 27.8 Å². The summed E-state index contributed by atoms with van der Waals surface area (Å²) in [6, 6.07) is 13.3. The van der Waals surface area contributed by atoms with E-state index in [1.165, 1.54) is 0 Å². The van der Waals surface area contributed by atoms with Crippen LogP contribution < -0.4 is 15.4 Å². The summed E-state index contributed by atoms with van der Waals surface area (Å²) in [6.07, 6.45) is 3.46. The SMILES string of the molecule is COc1ccc(C(=O)NCC(=O)NC(c2ccc(Cl)cc2)c2nccn2C)cc1. The monoisotopic (exact) mass is 412 g/mol. The van der Waals surface area contributed by atoms with Crippen LogP contribution in [0.2, 0.25) is 5.02 Å². The maximum atomic E-state index is 12.5. The molecule has 0 aliphatic rings. The molecule has 0 fully saturated rings. The van der Waals surface area contributed by atoms with Gasteiger partial charge in [0.15, 0.2) is 0 Å². The molecule has 7 nitrogen and oxygen atoms in total. The van der Waals surface area contributed by atoms with Gasteiger partial charge in [-0.05, 0) is 42.0 Å². The summed E-state index contributed by atoms with van der Waals surface area (Å²) in [4.78, 5) is 29.1. The molecular formula is C21H21ClN4O3. The third kappa shape index (κ3) is 5.14. The summed E-state index contributed by atoms with van der Waals surface area (Å²) in [5.74, 6) is 0.639. The molecule has 1 aromatic heterocycles. The number of aryl methyl sites for hydroxylation is 1. The molecule has 3 rings (SSSR count). The Bertz CT molecular complexity index is 984. The second-order valence-corrected chi connectivity index (χ2v) is 6.80. The van der Waals surface area contributed by atoms with Crippen LogP contribution in [-0.2, 0) is 11.8 Å². The standard InChI is InChI=1S/C21H21ClN4O3/c1-26-12-11-23-20(26)19(14-3-7-16(22)8-4-14)25-18(27)13-24-21(28)15-5-9-17(29-2)10-6-15/h3-12,19H,13H2,1-2H3,(H,24,28)(H,25,27). The van der Waals surface area contributed by atoms with E-state index in [-0.39, 0.29) is 18.4 Å². The highest BCUT2D eigenvalue weighted by atomic mass is 35.5. The lowest BCUT2D eigenvalue weighted by molar-refractivity contribution is -0.120. The zero-order valence-electron chi connectivity index (χ0n) is 16.1. The largest absolute Gasteiger partial charge is 0.497 e. The number of benzene rings is 2. The van der Waals surface area contributed by atoms with Gasteiger partial charge < -0.3 is 19.9 Å². The number of imidazole rings is 1. The van der Waals surface area contributed by atoms with E-state index in [1.54, 1.807) is 55.9 Å². The topological polar surface area (TPSA) is 85.2 Å². The number of hydrogen-bond acceptors (Lipinski definition) is 4. The molecule has 0 saturated carbocycles. The van der Waals surface area contributed by atoms with Crippen LogP contribution in [0.25, 0.3) is 0 Å². The molecule has 0 radical (unpaired) electrons. The van der Waals surface area contributed by atoms with E-state index in [9.17, 15) is 9.59 Å². The van der Waals surface area contributed by atoms with Gasteiger partial charge in [0.2, 0.25) is 5.91 Å². The van der Waals surface area contributed by atoms with E-state index >= 15 is 0 Å². The van der Waals surface area contributed by atoms with Crippen LogP contribution in [0, 0.1) is 0 Å². The molecule has 8 heteroatoms. The second-order valence-electron chi connectivity index (χ2n) is 6.36. The lowest BCUT2D eigenvalue weighted by Crippen LogP contribution is -2.39. The van der Waals surface area contributed by atoms with E-state index in [0.717, 1.165) is 5.56 Å². The molecule has 150 valence electrons. The van der Waals surface area contributed by atoms with Crippen LogP contribution in [0.5, 0.6) is 5.75 Å². The number of rotatable bonds is 7. The minimum absolute atomic E-state index is 0.167. The van der Waals surface area contributed by atoms with Gasteiger partial charge in [-0.15, -0.1) is 0 Å². The van der Waals surface area contributed by atoms with Gasteiger partial charge in [0.25, 0.3) is 5.91 Å². The van der Waals surface area contributed by atoms with Crippen LogP contribution in [0.4, 0.5) is 0 Å². The van der Waals surface area contributed by atoms with E-state index in [2.05, 4.69) is 15.6 Å². The van der Waals surface area contributed by atoms with Crippen molar-refractivity contribution >= 4 is 23.4 Å². The molecule has 1 heterocycles. The number of carbonyl (C=O) groups excluding carboxylic acids is 2. The van der Waals surface area contributed by atoms with Crippen molar-refractivity contribution in [3.8, 4) is 5.75 Å². The Morgan fingerprint density at radius 3 is 2.41 bits per heavy atom. The molecule has 0 bridgehead atoms. The van der Waals surface area contributed by atoms with Crippen molar-refractivity contribution in [3.63, 3.8) is 0 Å². The normalized spacial score (nSPS) is 11.6. The number of halogens is 1. The number of hydrogen-bond donors (Lipinski definition) is 2. The Labute approximate surface area is 173 Å². The Morgan fingerprint density at radius 1 is 1.14 bits per heavy atom. The fraction of sp³-hybridized carbons (Fsp3) is 0.190. The molecule has 1 atom stereocenters. The fourth-order valence-electron chi connectivity index (χ4n) is 2.82. The highest BCUT2D eigenvalue weighted by Gasteiger charge is 2.21. The van der Waals surface area contributed by atoms with E-state index in [1.807, 2.05) is 23.7 Å². The van der Waals surface area contributed by atoms with Crippen molar-refractivity contribution < 1.29 is 14.3 Å². The van der Waals surface area contributed by atoms with E-state index < -0.39 is 6.04 Å². The number of nitrogens with one attached hydrogen (secondary N) is 2. The quantitative estimate of drug-likeness (QED) is 0.624. The zero-order valence-corrected chi connectivity index (χ0v) is 16.8. The van der Waals surface area contributed by atoms with Crippen LogP contribution in [0.15, 0.2) is 60.9 Å². The summed E-state index contributed by atoms with van der Waals surface area (Å²) >= 11 is 5.98. The predicted molar refractivity (Wildman–Crippen MR) is 110 cm³/mol. The van der Waals surface area contributed by atoms with Crippen molar-refractivity contribution in [3.05, 3.63) is 82.9 Å². The Morgan fingerprint density at radius 2 is 1.83 bits per heavy atom. The number of aromatic nitrogens is 2. The number of amides is 2. The molecule has 0 aliphatic heterocycles. The molecular weight excluding hydrogens is 392 g/mol. The molecule has 2 amide bonds. The van der Waals surface area contributed by atoms with E-state index in [4.69, 9.17) is 16.3 Å². The van der Waals surface area contributed by atoms with Crippen LogP contribution in [0.3, 0.4) is 0 Å². The lowest BCUT2D eigenvalue weighted by atomic mass is 10.1. The van der Waals surface area contributed by atoms with Crippen LogP contribution in [-0.4, -0.2) is 35.0 Å². The Hall–Kier alpha value is -3.32. The van der Waals surface area contributed by atoms with Gasteiger partial charge in [-0.2, -0.15) is 0 Å². The smallest absolute Gasteiger partial charge is 0.251 e. The maximum absolute atomic E-state index is 12.5. The third-order valence-corrected chi connectivity index (χ3v) is 4.64. The average molecular weight is 413 g/mol. The molecule has 0 aliphatic carbocycles. The molecule has 1 unspecified atom stereocenters. The summed E-state index contributed by atoms with van der Waals surface area (Å²) in [7, 11) is 3.40. The van der Waals surface area contributed by atoms with Gasteiger partial charge in [0, 0.05) is 30.0 Å². The average Bonchev–Trinajstić information content (AvgIpc) is 3.16. The summed E-state index contributed by atoms with van der Waals surface area (Å²) in [5, 5.41) is 6.15. The van der Waals surface area contributed by atoms with Gasteiger partial charge in [-0.3, -0.25) is 9.59 Å². The van der Waals surface area contributed by atoms with Crippen LogP contribution >= 0.6 is 11.6 Å². The molecule has 29 heavy (non-hydrogen) atoms. The second kappa shape index (κ2) is 9.25. The molecule has 0 saturated heterocycles. The Balaban J connectivity index is 1.67. The first-order valence-corrected chi connectivity index (χ1v) is 9.30. The molecule has 0 spiro atoms. The van der Waals surface area contributed by atoms with Crippen molar-refractivity contribution in [2.75, 3.05) is 13.7 Å². The van der Waals surface area contributed by atoms with E-state index in [0.29, 0.717) is 22.2 Å². The lowest BCUT2D eigenvalue weighted by Gasteiger charge is -2.19. The summed E-state index contributed by atoms with van der Waals surface area (Å²) in [6.45, 7) is -0.167. The first-order valence-electron chi connectivity index (χ1n) is 8.92. The van der Waals surface area contributed by atoms with Crippen molar-refractivity contribution in [2.45, 2.75) is 6.04 Å². The first kappa shape index (κ1) is 20.4. The van der Waals surface area contributed by atoms with Gasteiger partial charge in [-0.25, -0.2) is 4.98 Å². The van der Waals surface area contributed by atoms with Gasteiger partial charge in [0.1, 0.15) is 17.6 Å². The van der Waals surface area contributed by atoms with Gasteiger partial charge >= 0.3 is 0 Å². The third-order valence-electron chi connectivity index (χ3n) is 4.39. The van der Waals surface area contributed by atoms with Crippen molar-refractivity contribution in [2.24, 2.45) is 7.05 Å². The highest BCUT2D eigenvalue weighted by Crippen LogP contribution is 2.22. The molecule has 2 N–H and O–H groups in total. The summed E-state index contributed by atoms with van der Waals surface area (Å²) in [5.41, 5.74) is 1.27. The minimum Gasteiger partial charge on any atom is -0.497 e. The Kier molecular flexibility index (Phi) is 6.51. The predicted octanol–water partition coefficient (Wildman–Crippen LogP) is 2.72. The number of ether oxygens (including phenoxy) is 1. The highest BCUT2D eigenvalue weighted by molar-refractivity contribution is 6.30. The summed E-state index contributed by atoms with van der Waals surface area (Å²) < 4.78 is 6.90. The number of carbonyl (C=O) groups is 2. The fourth-order valence-corrected chi connectivity index (χ4v) is 2.95. The maximum Gasteiger partial charge on any atom is 0.251 e. The minimum atomic E-state index is -0.474. The van der Waals surface area contributed by atoms with Gasteiger partial charge in [0.05, 0.1) is 13.7 Å². The van der Waals surface area contributed by atoms with Gasteiger partial charge in [-0.1, -0.05) is 23.7 Å². The zero-order chi connectivity index (χ0) is 20.8.